The average Bonchev–Trinajstić information content (AvgIpc) is 3.12. The van der Waals surface area contributed by atoms with E-state index in [9.17, 15) is 14.7 Å². The van der Waals surface area contributed by atoms with Crippen molar-refractivity contribution in [3.63, 3.8) is 0 Å². The highest BCUT2D eigenvalue weighted by atomic mass is 35.5. The minimum atomic E-state index is -0.759. The molecule has 3 aromatic rings. The molecule has 1 saturated heterocycles. The van der Waals surface area contributed by atoms with Gasteiger partial charge < -0.3 is 14.7 Å². The molecule has 7 heteroatoms. The van der Waals surface area contributed by atoms with Gasteiger partial charge in [0.25, 0.3) is 11.7 Å². The zero-order valence-electron chi connectivity index (χ0n) is 19.5. The number of benzene rings is 2. The van der Waals surface area contributed by atoms with Crippen LogP contribution in [0, 0.1) is 0 Å². The maximum absolute atomic E-state index is 13.2. The van der Waals surface area contributed by atoms with Gasteiger partial charge in [-0.15, -0.1) is 0 Å². The SMILES string of the molecule is CCCCCOc1ccc(/C(O)=C2\C(=O)C(=O)N(Cc3ccncc3)C2c2ccc(Cl)cc2)cc1. The number of carbonyl (C=O) groups is 2. The number of aromatic nitrogens is 1. The number of nitrogens with zero attached hydrogens (tertiary/aromatic N) is 2. The average molecular weight is 491 g/mol. The fourth-order valence-corrected chi connectivity index (χ4v) is 4.25. The Morgan fingerprint density at radius 1 is 1.00 bits per heavy atom. The van der Waals surface area contributed by atoms with E-state index in [1.54, 1.807) is 73.1 Å². The van der Waals surface area contributed by atoms with Crippen LogP contribution < -0.4 is 4.74 Å². The zero-order valence-corrected chi connectivity index (χ0v) is 20.2. The Bertz CT molecular complexity index is 1210. The third-order valence-electron chi connectivity index (χ3n) is 5.97. The summed E-state index contributed by atoms with van der Waals surface area (Å²) in [4.78, 5) is 31.8. The number of pyridine rings is 1. The highest BCUT2D eigenvalue weighted by molar-refractivity contribution is 6.46. The predicted molar refractivity (Wildman–Crippen MR) is 135 cm³/mol. The van der Waals surface area contributed by atoms with E-state index in [1.165, 1.54) is 4.90 Å². The predicted octanol–water partition coefficient (Wildman–Crippen LogP) is 5.93. The summed E-state index contributed by atoms with van der Waals surface area (Å²) >= 11 is 6.08. The zero-order chi connectivity index (χ0) is 24.8. The summed E-state index contributed by atoms with van der Waals surface area (Å²) < 4.78 is 5.75. The minimum absolute atomic E-state index is 0.0444. The fourth-order valence-electron chi connectivity index (χ4n) is 4.13. The van der Waals surface area contributed by atoms with Gasteiger partial charge in [-0.1, -0.05) is 43.5 Å². The molecule has 2 aromatic carbocycles. The number of hydrogen-bond donors (Lipinski definition) is 1. The standard InChI is InChI=1S/C28H27ClN2O4/c1-2-3-4-17-35-23-11-7-21(8-12-23)26(32)24-25(20-5-9-22(29)10-6-20)31(28(34)27(24)33)18-19-13-15-30-16-14-19/h5-16,25,32H,2-4,17-18H2,1H3/b26-24+. The van der Waals surface area contributed by atoms with Crippen molar-refractivity contribution < 1.29 is 19.4 Å². The second-order valence-corrected chi connectivity index (χ2v) is 8.85. The summed E-state index contributed by atoms with van der Waals surface area (Å²) in [6, 6.07) is 16.6. The molecule has 0 saturated carbocycles. The van der Waals surface area contributed by atoms with Crippen LogP contribution in [0.15, 0.2) is 78.6 Å². The molecule has 1 aliphatic heterocycles. The van der Waals surface area contributed by atoms with E-state index < -0.39 is 17.7 Å². The van der Waals surface area contributed by atoms with Gasteiger partial charge in [-0.25, -0.2) is 0 Å². The Labute approximate surface area is 209 Å². The van der Waals surface area contributed by atoms with Crippen molar-refractivity contribution in [2.45, 2.75) is 38.8 Å². The first-order valence-electron chi connectivity index (χ1n) is 11.7. The number of carbonyl (C=O) groups excluding carboxylic acids is 2. The second kappa shape index (κ2) is 11.2. The third kappa shape index (κ3) is 5.54. The highest BCUT2D eigenvalue weighted by Gasteiger charge is 2.46. The summed E-state index contributed by atoms with van der Waals surface area (Å²) in [7, 11) is 0. The van der Waals surface area contributed by atoms with E-state index in [0.717, 1.165) is 24.8 Å². The molecule has 1 aliphatic rings. The summed E-state index contributed by atoms with van der Waals surface area (Å²) in [5.41, 5.74) is 1.99. The molecule has 1 atom stereocenters. The van der Waals surface area contributed by atoms with E-state index in [0.29, 0.717) is 28.5 Å². The molecule has 0 radical (unpaired) electrons. The first-order valence-corrected chi connectivity index (χ1v) is 12.0. The Balaban J connectivity index is 1.69. The number of Topliss-reactive ketones (excluding diaryl/α,β-unsaturated/α-hetero) is 1. The smallest absolute Gasteiger partial charge is 0.295 e. The van der Waals surface area contributed by atoms with Gasteiger partial charge in [-0.3, -0.25) is 14.6 Å². The van der Waals surface area contributed by atoms with Crippen LogP contribution >= 0.6 is 11.6 Å². The van der Waals surface area contributed by atoms with Crippen LogP contribution in [0.1, 0.15) is 48.9 Å². The number of aliphatic hydroxyl groups is 1. The number of halogens is 1. The molecule has 0 aliphatic carbocycles. The van der Waals surface area contributed by atoms with Crippen molar-refractivity contribution in [3.8, 4) is 5.75 Å². The molecular formula is C28H27ClN2O4. The van der Waals surface area contributed by atoms with Gasteiger partial charge in [0.2, 0.25) is 0 Å². The van der Waals surface area contributed by atoms with Crippen LogP contribution in [0.2, 0.25) is 5.02 Å². The molecule has 35 heavy (non-hydrogen) atoms. The molecule has 0 bridgehead atoms. The first kappa shape index (κ1) is 24.5. The van der Waals surface area contributed by atoms with Gasteiger partial charge >= 0.3 is 0 Å². The van der Waals surface area contributed by atoms with E-state index in [1.807, 2.05) is 0 Å². The van der Waals surface area contributed by atoms with Crippen molar-refractivity contribution in [2.75, 3.05) is 6.61 Å². The number of unbranched alkanes of at least 4 members (excludes halogenated alkanes) is 2. The summed E-state index contributed by atoms with van der Waals surface area (Å²) in [5.74, 6) is -0.932. The van der Waals surface area contributed by atoms with Crippen molar-refractivity contribution in [2.24, 2.45) is 0 Å². The molecule has 1 aromatic heterocycles. The molecule has 2 heterocycles. The first-order chi connectivity index (χ1) is 17.0. The van der Waals surface area contributed by atoms with E-state index in [-0.39, 0.29) is 17.9 Å². The number of aliphatic hydroxyl groups excluding tert-OH is 1. The van der Waals surface area contributed by atoms with E-state index >= 15 is 0 Å². The number of amides is 1. The van der Waals surface area contributed by atoms with Crippen LogP contribution in [-0.2, 0) is 16.1 Å². The van der Waals surface area contributed by atoms with Gasteiger partial charge in [0.05, 0.1) is 18.2 Å². The van der Waals surface area contributed by atoms with Crippen LogP contribution in [0.4, 0.5) is 0 Å². The summed E-state index contributed by atoms with van der Waals surface area (Å²) in [6.07, 6.45) is 6.46. The lowest BCUT2D eigenvalue weighted by Crippen LogP contribution is -2.29. The van der Waals surface area contributed by atoms with Gasteiger partial charge in [-0.05, 0) is 66.1 Å². The highest BCUT2D eigenvalue weighted by Crippen LogP contribution is 2.40. The quantitative estimate of drug-likeness (QED) is 0.174. The Morgan fingerprint density at radius 2 is 1.69 bits per heavy atom. The largest absolute Gasteiger partial charge is 0.507 e. The number of ether oxygens (including phenoxy) is 1. The number of hydrogen-bond acceptors (Lipinski definition) is 5. The van der Waals surface area contributed by atoms with Gasteiger partial charge in [0, 0.05) is 29.5 Å². The Kier molecular flexibility index (Phi) is 7.83. The molecule has 1 fully saturated rings. The molecule has 0 spiro atoms. The summed E-state index contributed by atoms with van der Waals surface area (Å²) in [6.45, 7) is 2.95. The van der Waals surface area contributed by atoms with Crippen LogP contribution in [0.3, 0.4) is 0 Å². The molecule has 1 amide bonds. The lowest BCUT2D eigenvalue weighted by Gasteiger charge is -2.25. The Morgan fingerprint density at radius 3 is 2.34 bits per heavy atom. The summed E-state index contributed by atoms with van der Waals surface area (Å²) in [5, 5.41) is 11.8. The third-order valence-corrected chi connectivity index (χ3v) is 6.22. The maximum atomic E-state index is 13.2. The monoisotopic (exact) mass is 490 g/mol. The van der Waals surface area contributed by atoms with E-state index in [2.05, 4.69) is 11.9 Å². The van der Waals surface area contributed by atoms with E-state index in [4.69, 9.17) is 16.3 Å². The number of likely N-dealkylation sites (tertiary alicyclic amines) is 1. The molecular weight excluding hydrogens is 464 g/mol. The number of ketones is 1. The normalized spacial score (nSPS) is 17.1. The second-order valence-electron chi connectivity index (χ2n) is 8.41. The maximum Gasteiger partial charge on any atom is 0.295 e. The number of rotatable bonds is 9. The van der Waals surface area contributed by atoms with Crippen molar-refractivity contribution in [1.82, 2.24) is 9.88 Å². The molecule has 1 unspecified atom stereocenters. The van der Waals surface area contributed by atoms with Crippen LogP contribution in [0.5, 0.6) is 5.75 Å². The van der Waals surface area contributed by atoms with Gasteiger partial charge in [-0.2, -0.15) is 0 Å². The minimum Gasteiger partial charge on any atom is -0.507 e. The molecule has 6 nitrogen and oxygen atoms in total. The van der Waals surface area contributed by atoms with Crippen LogP contribution in [0.25, 0.3) is 5.76 Å². The van der Waals surface area contributed by atoms with Crippen LogP contribution in [-0.4, -0.2) is 33.3 Å². The topological polar surface area (TPSA) is 79.7 Å². The molecule has 1 N–H and O–H groups in total. The van der Waals surface area contributed by atoms with Crippen molar-refractivity contribution >= 4 is 29.1 Å². The molecule has 180 valence electrons. The molecule has 4 rings (SSSR count). The van der Waals surface area contributed by atoms with Gasteiger partial charge in [0.15, 0.2) is 0 Å². The van der Waals surface area contributed by atoms with Gasteiger partial charge in [0.1, 0.15) is 11.5 Å². The van der Waals surface area contributed by atoms with Crippen molar-refractivity contribution in [1.29, 1.82) is 0 Å². The van der Waals surface area contributed by atoms with Crippen molar-refractivity contribution in [3.05, 3.63) is 100 Å². The lowest BCUT2D eigenvalue weighted by atomic mass is 9.95. The lowest BCUT2D eigenvalue weighted by molar-refractivity contribution is -0.140. The fraction of sp³-hybridized carbons (Fsp3) is 0.250. The Hall–Kier alpha value is -3.64.